The molecular weight excluding hydrogens is 369 g/mol. The average molecular weight is 385 g/mol. The highest BCUT2D eigenvalue weighted by Crippen LogP contribution is 2.74. The normalized spacial score (nSPS) is 40.3. The molecule has 0 aromatic heterocycles. The van der Waals surface area contributed by atoms with Crippen LogP contribution in [0.15, 0.2) is 10.1 Å². The summed E-state index contributed by atoms with van der Waals surface area (Å²) in [5, 5.41) is 0.628. The molecule has 0 N–H and O–H groups in total. The van der Waals surface area contributed by atoms with Crippen molar-refractivity contribution >= 4 is 69.6 Å². The molecule has 2 aliphatic rings. The third kappa shape index (κ3) is 2.16. The average Bonchev–Trinajstić information content (AvgIpc) is 2.57. The maximum absolute atomic E-state index is 6.68. The number of fused-ring (bicyclic) bond motifs is 2. The molecule has 2 rings (SSSR count). The SMILES string of the molecule is CCCCCC[C@@H]1C[C@]2(Cl)C(Cl)=C(Cl)[C@]1(Cl)C2(Cl)Cl. The van der Waals surface area contributed by atoms with Crippen LogP contribution < -0.4 is 0 Å². The minimum atomic E-state index is -1.35. The molecule has 110 valence electrons. The van der Waals surface area contributed by atoms with Crippen molar-refractivity contribution in [2.75, 3.05) is 0 Å². The lowest BCUT2D eigenvalue weighted by molar-refractivity contribution is 0.409. The van der Waals surface area contributed by atoms with Gasteiger partial charge in [-0.2, -0.15) is 0 Å². The van der Waals surface area contributed by atoms with Gasteiger partial charge in [0.25, 0.3) is 0 Å². The smallest absolute Gasteiger partial charge is 0.110 e. The van der Waals surface area contributed by atoms with Crippen molar-refractivity contribution in [1.29, 1.82) is 0 Å². The summed E-state index contributed by atoms with van der Waals surface area (Å²) in [6.07, 6.45) is 6.14. The number of alkyl halides is 4. The van der Waals surface area contributed by atoms with Gasteiger partial charge in [0.2, 0.25) is 0 Å². The zero-order valence-electron chi connectivity index (χ0n) is 10.6. The Kier molecular flexibility index (Phi) is 4.96. The van der Waals surface area contributed by atoms with Crippen LogP contribution in [0.4, 0.5) is 0 Å². The predicted octanol–water partition coefficient (Wildman–Crippen LogP) is 6.81. The van der Waals surface area contributed by atoms with Gasteiger partial charge < -0.3 is 0 Å². The molecule has 3 atom stereocenters. The van der Waals surface area contributed by atoms with Crippen molar-refractivity contribution in [3.05, 3.63) is 10.1 Å². The fraction of sp³-hybridized carbons (Fsp3) is 0.846. The molecule has 2 bridgehead atoms. The Balaban J connectivity index is 2.19. The van der Waals surface area contributed by atoms with Crippen LogP contribution in [0.2, 0.25) is 0 Å². The monoisotopic (exact) mass is 382 g/mol. The fourth-order valence-corrected chi connectivity index (χ4v) is 6.03. The second-order valence-electron chi connectivity index (χ2n) is 5.47. The highest BCUT2D eigenvalue weighted by atomic mass is 35.5. The third-order valence-corrected chi connectivity index (χ3v) is 8.64. The summed E-state index contributed by atoms with van der Waals surface area (Å²) in [4.78, 5) is -2.10. The number of unbranched alkanes of at least 4 members (excludes halogenated alkanes) is 3. The van der Waals surface area contributed by atoms with E-state index in [1.54, 1.807) is 0 Å². The van der Waals surface area contributed by atoms with E-state index < -0.39 is 14.1 Å². The molecule has 0 radical (unpaired) electrons. The maximum Gasteiger partial charge on any atom is 0.166 e. The Hall–Kier alpha value is 1.48. The van der Waals surface area contributed by atoms with Crippen LogP contribution in [0, 0.1) is 5.92 Å². The molecule has 2 aliphatic carbocycles. The molecule has 6 heteroatoms. The van der Waals surface area contributed by atoms with Crippen LogP contribution in [-0.2, 0) is 0 Å². The first-order chi connectivity index (χ1) is 8.73. The van der Waals surface area contributed by atoms with E-state index in [0.29, 0.717) is 16.5 Å². The predicted molar refractivity (Wildman–Crippen MR) is 87.2 cm³/mol. The van der Waals surface area contributed by atoms with E-state index in [0.717, 1.165) is 12.8 Å². The van der Waals surface area contributed by atoms with Gasteiger partial charge in [-0.1, -0.05) is 79.0 Å². The van der Waals surface area contributed by atoms with E-state index in [4.69, 9.17) is 69.6 Å². The second-order valence-corrected chi connectivity index (χ2v) is 8.79. The molecule has 0 heterocycles. The molecule has 0 spiro atoms. The Bertz CT molecular complexity index is 404. The summed E-state index contributed by atoms with van der Waals surface area (Å²) in [5.41, 5.74) is 0. The maximum atomic E-state index is 6.68. The van der Waals surface area contributed by atoms with Crippen molar-refractivity contribution < 1.29 is 0 Å². The van der Waals surface area contributed by atoms with Gasteiger partial charge in [0.05, 0.1) is 10.1 Å². The summed E-state index contributed by atoms with van der Waals surface area (Å²) in [6.45, 7) is 2.18. The van der Waals surface area contributed by atoms with Crippen LogP contribution in [0.1, 0.15) is 45.4 Å². The molecule has 1 saturated carbocycles. The molecule has 0 aliphatic heterocycles. The Morgan fingerprint density at radius 2 is 1.63 bits per heavy atom. The minimum Gasteiger partial charge on any atom is -0.110 e. The second kappa shape index (κ2) is 5.60. The highest BCUT2D eigenvalue weighted by molar-refractivity contribution is 6.65. The molecule has 0 aromatic carbocycles. The molecule has 1 fully saturated rings. The lowest BCUT2D eigenvalue weighted by Gasteiger charge is -2.33. The van der Waals surface area contributed by atoms with E-state index >= 15 is 0 Å². The lowest BCUT2D eigenvalue weighted by Crippen LogP contribution is -2.44. The van der Waals surface area contributed by atoms with Gasteiger partial charge in [0.15, 0.2) is 4.33 Å². The number of allylic oxidation sites excluding steroid dienone is 2. The Morgan fingerprint density at radius 3 is 2.11 bits per heavy atom. The standard InChI is InChI=1S/C13H16Cl6/c1-2-3-4-5-6-8-7-11(16)9(14)10(15)12(8,17)13(11,18)19/h8H,2-7H2,1H3/t8-,11+,12+/m1/s1. The van der Waals surface area contributed by atoms with Crippen LogP contribution in [0.25, 0.3) is 0 Å². The van der Waals surface area contributed by atoms with Gasteiger partial charge in [-0.05, 0) is 18.8 Å². The van der Waals surface area contributed by atoms with Crippen molar-refractivity contribution in [3.8, 4) is 0 Å². The summed E-state index contributed by atoms with van der Waals surface area (Å²) < 4.78 is -1.35. The first-order valence-corrected chi connectivity index (χ1v) is 8.82. The van der Waals surface area contributed by atoms with Gasteiger partial charge in [-0.25, -0.2) is 0 Å². The Morgan fingerprint density at radius 1 is 1.00 bits per heavy atom. The number of halogens is 6. The molecule has 0 amide bonds. The first kappa shape index (κ1) is 16.8. The van der Waals surface area contributed by atoms with E-state index in [-0.39, 0.29) is 5.92 Å². The molecule has 19 heavy (non-hydrogen) atoms. The summed E-state index contributed by atoms with van der Waals surface area (Å²) in [5.74, 6) is 0.0634. The van der Waals surface area contributed by atoms with Gasteiger partial charge in [-0.15, -0.1) is 23.2 Å². The fourth-order valence-electron chi connectivity index (χ4n) is 3.15. The molecule has 0 nitrogen and oxygen atoms in total. The first-order valence-electron chi connectivity index (χ1n) is 6.55. The molecular formula is C13H16Cl6. The largest absolute Gasteiger partial charge is 0.166 e. The van der Waals surface area contributed by atoms with Gasteiger partial charge >= 0.3 is 0 Å². The van der Waals surface area contributed by atoms with Gasteiger partial charge in [-0.3, -0.25) is 0 Å². The van der Waals surface area contributed by atoms with E-state index in [2.05, 4.69) is 6.92 Å². The molecule has 0 aromatic rings. The van der Waals surface area contributed by atoms with E-state index in [1.807, 2.05) is 0 Å². The zero-order valence-corrected chi connectivity index (χ0v) is 15.1. The van der Waals surface area contributed by atoms with Crippen molar-refractivity contribution in [2.24, 2.45) is 5.92 Å². The van der Waals surface area contributed by atoms with Gasteiger partial charge in [0, 0.05) is 0 Å². The summed E-state index contributed by atoms with van der Waals surface area (Å²) >= 11 is 38.5. The van der Waals surface area contributed by atoms with E-state index in [9.17, 15) is 0 Å². The number of hydrogen-bond acceptors (Lipinski definition) is 0. The number of rotatable bonds is 5. The minimum absolute atomic E-state index is 0.0634. The third-order valence-electron chi connectivity index (χ3n) is 4.31. The summed E-state index contributed by atoms with van der Waals surface area (Å²) in [6, 6.07) is 0. The van der Waals surface area contributed by atoms with Crippen LogP contribution in [-0.4, -0.2) is 14.1 Å². The zero-order chi connectivity index (χ0) is 14.5. The quantitative estimate of drug-likeness (QED) is 0.360. The van der Waals surface area contributed by atoms with Crippen molar-refractivity contribution in [3.63, 3.8) is 0 Å². The van der Waals surface area contributed by atoms with Crippen LogP contribution in [0.3, 0.4) is 0 Å². The van der Waals surface area contributed by atoms with Crippen molar-refractivity contribution in [1.82, 2.24) is 0 Å². The van der Waals surface area contributed by atoms with Gasteiger partial charge in [0.1, 0.15) is 9.75 Å². The van der Waals surface area contributed by atoms with E-state index in [1.165, 1.54) is 19.3 Å². The lowest BCUT2D eigenvalue weighted by atomic mass is 9.87. The summed E-state index contributed by atoms with van der Waals surface area (Å²) in [7, 11) is 0. The molecule has 0 saturated heterocycles. The highest BCUT2D eigenvalue weighted by Gasteiger charge is 2.77. The topological polar surface area (TPSA) is 0 Å². The van der Waals surface area contributed by atoms with Crippen LogP contribution in [0.5, 0.6) is 0 Å². The Labute approximate surface area is 144 Å². The van der Waals surface area contributed by atoms with Crippen molar-refractivity contribution in [2.45, 2.75) is 59.5 Å². The number of hydrogen-bond donors (Lipinski definition) is 0. The van der Waals surface area contributed by atoms with Crippen LogP contribution >= 0.6 is 69.6 Å². The molecule has 0 unspecified atom stereocenters.